The van der Waals surface area contributed by atoms with Crippen LogP contribution in [0.5, 0.6) is 0 Å². The molecule has 0 fully saturated rings. The summed E-state index contributed by atoms with van der Waals surface area (Å²) >= 11 is 0. The Kier molecular flexibility index (Phi) is 4.10. The molecule has 0 bridgehead atoms. The summed E-state index contributed by atoms with van der Waals surface area (Å²) in [5.74, 6) is 0.653. The highest BCUT2D eigenvalue weighted by molar-refractivity contribution is 5.78. The summed E-state index contributed by atoms with van der Waals surface area (Å²) in [7, 11) is 0. The van der Waals surface area contributed by atoms with Crippen LogP contribution in [0.4, 0.5) is 5.95 Å². The summed E-state index contributed by atoms with van der Waals surface area (Å²) in [5, 5.41) is 0.635. The van der Waals surface area contributed by atoms with Crippen LogP contribution >= 0.6 is 0 Å². The number of aromatic amines is 1. The van der Waals surface area contributed by atoms with Crippen LogP contribution in [-0.4, -0.2) is 23.1 Å². The number of rotatable bonds is 3. The van der Waals surface area contributed by atoms with Gasteiger partial charge in [-0.05, 0) is 41.7 Å². The molecular formula is C21H21N3O. The lowest BCUT2D eigenvalue weighted by molar-refractivity contribution is 0.797. The molecule has 0 radical (unpaired) electrons. The standard InChI is InChI=1S/C21H21N3O/c1-2-15-7-9-16(10-8-15)17-11-13-24(14-12-17)21-22-19-6-4-3-5-18(19)20(25)23-21/h3-11H,2,12-14H2,1H3,(H,22,23,25). The molecule has 0 saturated carbocycles. The number of hydrogen-bond acceptors (Lipinski definition) is 3. The van der Waals surface area contributed by atoms with Crippen LogP contribution in [0.25, 0.3) is 16.5 Å². The SMILES string of the molecule is CCc1ccc(C2=CCN(c3nc4ccccc4c(=O)[nH]3)CC2)cc1. The minimum absolute atomic E-state index is 0.0782. The maximum Gasteiger partial charge on any atom is 0.260 e. The zero-order chi connectivity index (χ0) is 17.2. The monoisotopic (exact) mass is 331 g/mol. The van der Waals surface area contributed by atoms with Crippen LogP contribution in [-0.2, 0) is 6.42 Å². The van der Waals surface area contributed by atoms with E-state index in [9.17, 15) is 4.79 Å². The van der Waals surface area contributed by atoms with Gasteiger partial charge in [-0.25, -0.2) is 4.98 Å². The van der Waals surface area contributed by atoms with Gasteiger partial charge < -0.3 is 4.90 Å². The van der Waals surface area contributed by atoms with E-state index in [2.05, 4.69) is 52.1 Å². The van der Waals surface area contributed by atoms with Gasteiger partial charge in [-0.2, -0.15) is 0 Å². The normalized spacial score (nSPS) is 14.6. The van der Waals surface area contributed by atoms with E-state index in [1.807, 2.05) is 18.2 Å². The molecule has 1 N–H and O–H groups in total. The molecule has 126 valence electrons. The van der Waals surface area contributed by atoms with Crippen molar-refractivity contribution in [2.24, 2.45) is 0 Å². The fraction of sp³-hybridized carbons (Fsp3) is 0.238. The third kappa shape index (κ3) is 3.07. The molecule has 25 heavy (non-hydrogen) atoms. The molecule has 1 aliphatic heterocycles. The van der Waals surface area contributed by atoms with Gasteiger partial charge in [0.15, 0.2) is 0 Å². The molecule has 0 aliphatic carbocycles. The summed E-state index contributed by atoms with van der Waals surface area (Å²) in [4.78, 5) is 21.9. The van der Waals surface area contributed by atoms with Crippen molar-refractivity contribution in [1.82, 2.24) is 9.97 Å². The maximum atomic E-state index is 12.3. The third-order valence-electron chi connectivity index (χ3n) is 4.84. The molecule has 3 aromatic rings. The first-order valence-corrected chi connectivity index (χ1v) is 8.77. The van der Waals surface area contributed by atoms with Gasteiger partial charge in [-0.3, -0.25) is 9.78 Å². The van der Waals surface area contributed by atoms with E-state index < -0.39 is 0 Å². The molecule has 0 unspecified atom stereocenters. The van der Waals surface area contributed by atoms with E-state index >= 15 is 0 Å². The average molecular weight is 331 g/mol. The van der Waals surface area contributed by atoms with E-state index in [-0.39, 0.29) is 5.56 Å². The number of hydrogen-bond donors (Lipinski definition) is 1. The largest absolute Gasteiger partial charge is 0.338 e. The number of benzene rings is 2. The van der Waals surface area contributed by atoms with Crippen molar-refractivity contribution < 1.29 is 0 Å². The van der Waals surface area contributed by atoms with Crippen LogP contribution in [0, 0.1) is 0 Å². The molecule has 2 heterocycles. The van der Waals surface area contributed by atoms with Crippen LogP contribution < -0.4 is 10.5 Å². The van der Waals surface area contributed by atoms with E-state index in [1.54, 1.807) is 6.07 Å². The molecule has 0 amide bonds. The Hall–Kier alpha value is -2.88. The van der Waals surface area contributed by atoms with Crippen LogP contribution in [0.2, 0.25) is 0 Å². The molecule has 1 aliphatic rings. The third-order valence-corrected chi connectivity index (χ3v) is 4.84. The molecule has 0 atom stereocenters. The number of H-pyrrole nitrogens is 1. The van der Waals surface area contributed by atoms with Crippen molar-refractivity contribution in [2.45, 2.75) is 19.8 Å². The number of nitrogens with zero attached hydrogens (tertiary/aromatic N) is 2. The number of aryl methyl sites for hydroxylation is 1. The summed E-state index contributed by atoms with van der Waals surface area (Å²) in [6, 6.07) is 16.3. The first kappa shape index (κ1) is 15.6. The molecule has 4 rings (SSSR count). The molecular weight excluding hydrogens is 310 g/mol. The summed E-state index contributed by atoms with van der Waals surface area (Å²) in [5.41, 5.74) is 4.68. The van der Waals surface area contributed by atoms with Gasteiger partial charge in [0.2, 0.25) is 5.95 Å². The second-order valence-electron chi connectivity index (χ2n) is 6.38. The first-order chi connectivity index (χ1) is 12.2. The topological polar surface area (TPSA) is 49.0 Å². The van der Waals surface area contributed by atoms with Gasteiger partial charge in [0.25, 0.3) is 5.56 Å². The van der Waals surface area contributed by atoms with Crippen molar-refractivity contribution in [3.63, 3.8) is 0 Å². The fourth-order valence-corrected chi connectivity index (χ4v) is 3.30. The van der Waals surface area contributed by atoms with Crippen molar-refractivity contribution in [3.05, 3.63) is 76.1 Å². The Bertz CT molecular complexity index is 986. The van der Waals surface area contributed by atoms with Gasteiger partial charge in [0, 0.05) is 13.1 Å². The first-order valence-electron chi connectivity index (χ1n) is 8.77. The van der Waals surface area contributed by atoms with Gasteiger partial charge in [0.05, 0.1) is 10.9 Å². The zero-order valence-corrected chi connectivity index (χ0v) is 14.3. The van der Waals surface area contributed by atoms with Gasteiger partial charge in [-0.15, -0.1) is 0 Å². The summed E-state index contributed by atoms with van der Waals surface area (Å²) in [6.45, 7) is 3.78. The van der Waals surface area contributed by atoms with Crippen molar-refractivity contribution in [1.29, 1.82) is 0 Å². The van der Waals surface area contributed by atoms with Crippen molar-refractivity contribution in [3.8, 4) is 0 Å². The molecule has 4 nitrogen and oxygen atoms in total. The minimum atomic E-state index is -0.0782. The number of para-hydroxylation sites is 1. The minimum Gasteiger partial charge on any atom is -0.338 e. The Morgan fingerprint density at radius 1 is 1.12 bits per heavy atom. The summed E-state index contributed by atoms with van der Waals surface area (Å²) < 4.78 is 0. The Morgan fingerprint density at radius 3 is 2.64 bits per heavy atom. The maximum absolute atomic E-state index is 12.3. The molecule has 0 spiro atoms. The number of nitrogens with one attached hydrogen (secondary N) is 1. The highest BCUT2D eigenvalue weighted by Crippen LogP contribution is 2.24. The van der Waals surface area contributed by atoms with E-state index in [1.165, 1.54) is 16.7 Å². The van der Waals surface area contributed by atoms with Gasteiger partial charge >= 0.3 is 0 Å². The van der Waals surface area contributed by atoms with Crippen molar-refractivity contribution >= 4 is 22.4 Å². The molecule has 0 saturated heterocycles. The fourth-order valence-electron chi connectivity index (χ4n) is 3.30. The number of fused-ring (bicyclic) bond motifs is 1. The van der Waals surface area contributed by atoms with Crippen molar-refractivity contribution in [2.75, 3.05) is 18.0 Å². The Balaban J connectivity index is 1.58. The van der Waals surface area contributed by atoms with Crippen LogP contribution in [0.3, 0.4) is 0 Å². The quantitative estimate of drug-likeness (QED) is 0.794. The lowest BCUT2D eigenvalue weighted by atomic mass is 9.98. The van der Waals surface area contributed by atoms with E-state index in [0.29, 0.717) is 11.3 Å². The smallest absolute Gasteiger partial charge is 0.260 e. The molecule has 1 aromatic heterocycles. The summed E-state index contributed by atoms with van der Waals surface area (Å²) in [6.07, 6.45) is 4.25. The number of aromatic nitrogens is 2. The van der Waals surface area contributed by atoms with Crippen LogP contribution in [0.1, 0.15) is 24.5 Å². The number of anilines is 1. The lowest BCUT2D eigenvalue weighted by Gasteiger charge is -2.27. The van der Waals surface area contributed by atoms with E-state index in [4.69, 9.17) is 0 Å². The highest BCUT2D eigenvalue weighted by Gasteiger charge is 2.16. The predicted octanol–water partition coefficient (Wildman–Crippen LogP) is 3.78. The average Bonchev–Trinajstić information content (AvgIpc) is 2.68. The predicted molar refractivity (Wildman–Crippen MR) is 103 cm³/mol. The van der Waals surface area contributed by atoms with Gasteiger partial charge in [0.1, 0.15) is 0 Å². The zero-order valence-electron chi connectivity index (χ0n) is 14.3. The molecule has 2 aromatic carbocycles. The second kappa shape index (κ2) is 6.55. The Labute approximate surface area is 146 Å². The van der Waals surface area contributed by atoms with Gasteiger partial charge in [-0.1, -0.05) is 49.4 Å². The highest BCUT2D eigenvalue weighted by atomic mass is 16.1. The van der Waals surface area contributed by atoms with Crippen LogP contribution in [0.15, 0.2) is 59.4 Å². The molecule has 4 heteroatoms. The lowest BCUT2D eigenvalue weighted by Crippen LogP contribution is -2.31. The second-order valence-corrected chi connectivity index (χ2v) is 6.38. The van der Waals surface area contributed by atoms with E-state index in [0.717, 1.165) is 31.4 Å². The Morgan fingerprint density at radius 2 is 1.92 bits per heavy atom.